The molecule has 1 aliphatic carbocycles. The average Bonchev–Trinajstić information content (AvgIpc) is 2.59. The Morgan fingerprint density at radius 3 is 2.38 bits per heavy atom. The summed E-state index contributed by atoms with van der Waals surface area (Å²) in [5.41, 5.74) is 6.14. The molecule has 5 unspecified atom stereocenters. The van der Waals surface area contributed by atoms with Gasteiger partial charge in [0.2, 0.25) is 5.91 Å². The molecule has 148 valence electrons. The van der Waals surface area contributed by atoms with E-state index in [1.165, 1.54) is 14.2 Å². The standard InChI is InChI=1S/C17H28N2O7/c1-8-11(25-3)7-12(26-4)16(22)14(8)15(21)9(2)19-13(20)6-5-10(18)17(23)24/h9-12,15,21H,5-7,18H2,1-4H3,(H,19,20)(H,23,24). The molecule has 1 amide bonds. The number of aliphatic carboxylic acids is 1. The summed E-state index contributed by atoms with van der Waals surface area (Å²) in [4.78, 5) is 35.2. The van der Waals surface area contributed by atoms with E-state index in [0.29, 0.717) is 12.0 Å². The quantitative estimate of drug-likeness (QED) is 0.418. The van der Waals surface area contributed by atoms with Crippen LogP contribution < -0.4 is 11.1 Å². The fourth-order valence-electron chi connectivity index (χ4n) is 2.94. The van der Waals surface area contributed by atoms with Gasteiger partial charge in [-0.25, -0.2) is 0 Å². The third-order valence-corrected chi connectivity index (χ3v) is 4.62. The summed E-state index contributed by atoms with van der Waals surface area (Å²) in [7, 11) is 2.93. The predicted molar refractivity (Wildman–Crippen MR) is 92.4 cm³/mol. The Morgan fingerprint density at radius 1 is 1.31 bits per heavy atom. The molecule has 1 rings (SSSR count). The number of Topliss-reactive ketones (excluding diaryl/α,β-unsaturated/α-hetero) is 1. The van der Waals surface area contributed by atoms with Crippen molar-refractivity contribution in [2.24, 2.45) is 5.73 Å². The highest BCUT2D eigenvalue weighted by molar-refractivity contribution is 6.01. The SMILES string of the molecule is COC1CC(OC)C(C)=C(C(O)C(C)NC(=O)CCC(N)C(=O)O)C1=O. The van der Waals surface area contributed by atoms with Gasteiger partial charge in [0, 0.05) is 32.6 Å². The lowest BCUT2D eigenvalue weighted by molar-refractivity contribution is -0.138. The fourth-order valence-corrected chi connectivity index (χ4v) is 2.94. The van der Waals surface area contributed by atoms with Crippen molar-refractivity contribution in [3.05, 3.63) is 11.1 Å². The molecule has 0 bridgehead atoms. The Morgan fingerprint density at radius 2 is 1.88 bits per heavy atom. The molecule has 0 aromatic carbocycles. The molecule has 0 spiro atoms. The van der Waals surface area contributed by atoms with E-state index in [-0.39, 0.29) is 30.3 Å². The smallest absolute Gasteiger partial charge is 0.320 e. The van der Waals surface area contributed by atoms with Crippen molar-refractivity contribution in [2.75, 3.05) is 14.2 Å². The molecular weight excluding hydrogens is 344 g/mol. The van der Waals surface area contributed by atoms with Crippen molar-refractivity contribution < 1.29 is 34.1 Å². The monoisotopic (exact) mass is 372 g/mol. The van der Waals surface area contributed by atoms with Crippen LogP contribution >= 0.6 is 0 Å². The lowest BCUT2D eigenvalue weighted by Crippen LogP contribution is -2.48. The van der Waals surface area contributed by atoms with Crippen LogP contribution in [0.4, 0.5) is 0 Å². The maximum Gasteiger partial charge on any atom is 0.320 e. The number of aliphatic hydroxyl groups excluding tert-OH is 1. The van der Waals surface area contributed by atoms with E-state index < -0.39 is 36.2 Å². The van der Waals surface area contributed by atoms with E-state index in [1.807, 2.05) is 0 Å². The highest BCUT2D eigenvalue weighted by Gasteiger charge is 2.39. The summed E-state index contributed by atoms with van der Waals surface area (Å²) in [5, 5.41) is 21.9. The van der Waals surface area contributed by atoms with E-state index in [4.69, 9.17) is 20.3 Å². The number of aliphatic hydroxyl groups is 1. The Kier molecular flexibility index (Phi) is 8.35. The number of methoxy groups -OCH3 is 2. The molecule has 5 atom stereocenters. The number of nitrogens with two attached hydrogens (primary N) is 1. The predicted octanol–water partition coefficient (Wildman–Crippen LogP) is -0.637. The lowest BCUT2D eigenvalue weighted by Gasteiger charge is -2.33. The van der Waals surface area contributed by atoms with Gasteiger partial charge in [0.15, 0.2) is 5.78 Å². The van der Waals surface area contributed by atoms with E-state index in [2.05, 4.69) is 5.32 Å². The number of carboxylic acids is 1. The Labute approximate surface area is 152 Å². The molecule has 0 aromatic rings. The van der Waals surface area contributed by atoms with E-state index in [1.54, 1.807) is 13.8 Å². The van der Waals surface area contributed by atoms with E-state index in [0.717, 1.165) is 0 Å². The van der Waals surface area contributed by atoms with Crippen LogP contribution in [-0.4, -0.2) is 72.5 Å². The van der Waals surface area contributed by atoms with Gasteiger partial charge < -0.3 is 30.7 Å². The minimum Gasteiger partial charge on any atom is -0.480 e. The van der Waals surface area contributed by atoms with Crippen LogP contribution in [0, 0.1) is 0 Å². The minimum atomic E-state index is -1.24. The summed E-state index contributed by atoms with van der Waals surface area (Å²) in [6.45, 7) is 3.27. The normalized spacial score (nSPS) is 24.2. The maximum atomic E-state index is 12.6. The van der Waals surface area contributed by atoms with Crippen LogP contribution in [0.25, 0.3) is 0 Å². The molecule has 9 heteroatoms. The summed E-state index contributed by atoms with van der Waals surface area (Å²) in [6, 6.07) is -1.89. The number of rotatable bonds is 9. The Balaban J connectivity index is 2.81. The third kappa shape index (κ3) is 5.34. The molecule has 0 heterocycles. The topological polar surface area (TPSA) is 148 Å². The summed E-state index contributed by atoms with van der Waals surface area (Å²) in [5.74, 6) is -1.98. The first kappa shape index (κ1) is 22.2. The number of hydrogen-bond donors (Lipinski definition) is 4. The van der Waals surface area contributed by atoms with Crippen molar-refractivity contribution in [1.82, 2.24) is 5.32 Å². The lowest BCUT2D eigenvalue weighted by atomic mass is 9.82. The van der Waals surface area contributed by atoms with Gasteiger partial charge >= 0.3 is 5.97 Å². The van der Waals surface area contributed by atoms with Crippen LogP contribution in [0.15, 0.2) is 11.1 Å². The van der Waals surface area contributed by atoms with Gasteiger partial charge in [-0.1, -0.05) is 0 Å². The molecule has 0 fully saturated rings. The van der Waals surface area contributed by atoms with Gasteiger partial charge in [-0.15, -0.1) is 0 Å². The van der Waals surface area contributed by atoms with Crippen molar-refractivity contribution in [1.29, 1.82) is 0 Å². The highest BCUT2D eigenvalue weighted by Crippen LogP contribution is 2.29. The molecule has 0 radical (unpaired) electrons. The first-order valence-corrected chi connectivity index (χ1v) is 8.40. The number of carbonyl (C=O) groups excluding carboxylic acids is 2. The zero-order valence-corrected chi connectivity index (χ0v) is 15.5. The van der Waals surface area contributed by atoms with Crippen molar-refractivity contribution in [2.45, 2.75) is 63.5 Å². The van der Waals surface area contributed by atoms with Gasteiger partial charge in [0.25, 0.3) is 0 Å². The van der Waals surface area contributed by atoms with Crippen LogP contribution in [0.3, 0.4) is 0 Å². The first-order valence-electron chi connectivity index (χ1n) is 8.40. The maximum absolute atomic E-state index is 12.6. The minimum absolute atomic E-state index is 0.0257. The van der Waals surface area contributed by atoms with Crippen LogP contribution in [0.2, 0.25) is 0 Å². The summed E-state index contributed by atoms with van der Waals surface area (Å²) in [6.07, 6.45) is -2.08. The summed E-state index contributed by atoms with van der Waals surface area (Å²) < 4.78 is 10.5. The van der Waals surface area contributed by atoms with Crippen LogP contribution in [0.1, 0.15) is 33.1 Å². The molecule has 0 aromatic heterocycles. The zero-order valence-electron chi connectivity index (χ0n) is 15.5. The van der Waals surface area contributed by atoms with E-state index in [9.17, 15) is 19.5 Å². The fraction of sp³-hybridized carbons (Fsp3) is 0.706. The second-order valence-electron chi connectivity index (χ2n) is 6.43. The Hall–Kier alpha value is -1.81. The zero-order chi connectivity index (χ0) is 20.0. The number of ether oxygens (including phenoxy) is 2. The molecule has 26 heavy (non-hydrogen) atoms. The Bertz CT molecular complexity index is 575. The second-order valence-corrected chi connectivity index (χ2v) is 6.43. The molecule has 1 aliphatic rings. The highest BCUT2D eigenvalue weighted by atomic mass is 16.5. The van der Waals surface area contributed by atoms with Gasteiger partial charge in [-0.05, 0) is 25.8 Å². The molecule has 9 nitrogen and oxygen atoms in total. The van der Waals surface area contributed by atoms with Crippen molar-refractivity contribution in [3.63, 3.8) is 0 Å². The summed E-state index contributed by atoms with van der Waals surface area (Å²) >= 11 is 0. The largest absolute Gasteiger partial charge is 0.480 e. The third-order valence-electron chi connectivity index (χ3n) is 4.62. The number of hydrogen-bond acceptors (Lipinski definition) is 7. The molecule has 0 saturated heterocycles. The number of ketones is 1. The number of amides is 1. The molecular formula is C17H28N2O7. The molecule has 0 aliphatic heterocycles. The number of carbonyl (C=O) groups is 3. The number of nitrogens with one attached hydrogen (secondary N) is 1. The van der Waals surface area contributed by atoms with E-state index >= 15 is 0 Å². The van der Waals surface area contributed by atoms with Gasteiger partial charge in [-0.3, -0.25) is 14.4 Å². The molecule has 0 saturated carbocycles. The van der Waals surface area contributed by atoms with Crippen molar-refractivity contribution >= 4 is 17.7 Å². The first-order chi connectivity index (χ1) is 12.1. The van der Waals surface area contributed by atoms with Crippen LogP contribution in [-0.2, 0) is 23.9 Å². The molecule has 5 N–H and O–H groups in total. The number of carboxylic acid groups (broad SMARTS) is 1. The van der Waals surface area contributed by atoms with Crippen LogP contribution in [0.5, 0.6) is 0 Å². The average molecular weight is 372 g/mol. The van der Waals surface area contributed by atoms with Gasteiger partial charge in [0.05, 0.1) is 12.1 Å². The second kappa shape index (κ2) is 9.77. The van der Waals surface area contributed by atoms with Crippen molar-refractivity contribution in [3.8, 4) is 0 Å². The van der Waals surface area contributed by atoms with Gasteiger partial charge in [-0.2, -0.15) is 0 Å². The van der Waals surface area contributed by atoms with Gasteiger partial charge in [0.1, 0.15) is 18.2 Å².